The molecule has 0 bridgehead atoms. The number of hydrogen-bond donors (Lipinski definition) is 1. The van der Waals surface area contributed by atoms with E-state index in [0.29, 0.717) is 28.3 Å². The normalized spacial score (nSPS) is 10.9. The monoisotopic (exact) mass is 430 g/mol. The number of benzene rings is 3. The van der Waals surface area contributed by atoms with Crippen LogP contribution in [0.15, 0.2) is 72.3 Å². The Morgan fingerprint density at radius 2 is 1.94 bits per heavy atom. The molecule has 0 heterocycles. The first-order valence-corrected chi connectivity index (χ1v) is 10.1. The summed E-state index contributed by atoms with van der Waals surface area (Å²) in [5.74, 6) is 0.0901. The third-order valence-corrected chi connectivity index (χ3v) is 4.82. The maximum absolute atomic E-state index is 13.5. The van der Waals surface area contributed by atoms with Crippen LogP contribution >= 0.6 is 0 Å². The van der Waals surface area contributed by atoms with Crippen LogP contribution in [0.25, 0.3) is 6.08 Å². The maximum atomic E-state index is 13.5. The molecule has 5 nitrogen and oxygen atoms in total. The Morgan fingerprint density at radius 1 is 1.12 bits per heavy atom. The van der Waals surface area contributed by atoms with Crippen molar-refractivity contribution in [3.05, 3.63) is 94.8 Å². The molecular formula is C26H23FN2O3. The summed E-state index contributed by atoms with van der Waals surface area (Å²) in [5, 5.41) is 12.4. The van der Waals surface area contributed by atoms with Crippen molar-refractivity contribution in [3.63, 3.8) is 0 Å². The first-order valence-electron chi connectivity index (χ1n) is 10.1. The molecule has 0 radical (unpaired) electrons. The molecule has 0 aliphatic heterocycles. The summed E-state index contributed by atoms with van der Waals surface area (Å²) in [7, 11) is 1.53. The second-order valence-corrected chi connectivity index (χ2v) is 6.96. The Labute approximate surface area is 186 Å². The van der Waals surface area contributed by atoms with Gasteiger partial charge in [0.05, 0.1) is 7.11 Å². The van der Waals surface area contributed by atoms with Crippen molar-refractivity contribution < 1.29 is 18.7 Å². The van der Waals surface area contributed by atoms with Gasteiger partial charge in [0.25, 0.3) is 5.91 Å². The number of ether oxygens (including phenoxy) is 2. The molecule has 0 spiro atoms. The number of halogens is 1. The average Bonchev–Trinajstić information content (AvgIpc) is 2.81. The molecule has 0 fully saturated rings. The van der Waals surface area contributed by atoms with Crippen LogP contribution in [0.1, 0.15) is 23.6 Å². The first-order chi connectivity index (χ1) is 15.5. The van der Waals surface area contributed by atoms with Crippen molar-refractivity contribution in [2.75, 3.05) is 12.4 Å². The van der Waals surface area contributed by atoms with Gasteiger partial charge in [0.15, 0.2) is 0 Å². The minimum atomic E-state index is -0.514. The second kappa shape index (κ2) is 10.8. The topological polar surface area (TPSA) is 71.4 Å². The molecular weight excluding hydrogens is 407 g/mol. The van der Waals surface area contributed by atoms with E-state index in [1.165, 1.54) is 25.3 Å². The van der Waals surface area contributed by atoms with E-state index in [1.54, 1.807) is 36.4 Å². The number of hydrogen-bond acceptors (Lipinski definition) is 4. The van der Waals surface area contributed by atoms with Crippen molar-refractivity contribution in [2.24, 2.45) is 0 Å². The van der Waals surface area contributed by atoms with Crippen LogP contribution in [0.2, 0.25) is 0 Å². The smallest absolute Gasteiger partial charge is 0.266 e. The second-order valence-electron chi connectivity index (χ2n) is 6.96. The summed E-state index contributed by atoms with van der Waals surface area (Å²) < 4.78 is 24.6. The number of amides is 1. The van der Waals surface area contributed by atoms with Crippen molar-refractivity contribution in [2.45, 2.75) is 20.0 Å². The minimum Gasteiger partial charge on any atom is -0.497 e. The quantitative estimate of drug-likeness (QED) is 0.377. The maximum Gasteiger partial charge on any atom is 0.266 e. The van der Waals surface area contributed by atoms with Crippen molar-refractivity contribution in [1.82, 2.24) is 0 Å². The zero-order valence-corrected chi connectivity index (χ0v) is 17.9. The van der Waals surface area contributed by atoms with Gasteiger partial charge in [-0.15, -0.1) is 0 Å². The van der Waals surface area contributed by atoms with E-state index in [4.69, 9.17) is 9.47 Å². The third kappa shape index (κ3) is 5.73. The zero-order valence-electron chi connectivity index (χ0n) is 17.9. The van der Waals surface area contributed by atoms with Crippen LogP contribution in [-0.4, -0.2) is 13.0 Å². The molecule has 0 aromatic heterocycles. The average molecular weight is 430 g/mol. The molecule has 3 aromatic rings. The van der Waals surface area contributed by atoms with Gasteiger partial charge in [0.2, 0.25) is 0 Å². The van der Waals surface area contributed by atoms with E-state index in [-0.39, 0.29) is 18.0 Å². The molecule has 0 unspecified atom stereocenters. The number of anilines is 1. The van der Waals surface area contributed by atoms with E-state index < -0.39 is 5.91 Å². The van der Waals surface area contributed by atoms with Gasteiger partial charge >= 0.3 is 0 Å². The Balaban J connectivity index is 1.87. The van der Waals surface area contributed by atoms with Crippen molar-refractivity contribution in [1.29, 1.82) is 5.26 Å². The summed E-state index contributed by atoms with van der Waals surface area (Å²) in [6, 6.07) is 20.6. The zero-order chi connectivity index (χ0) is 22.9. The van der Waals surface area contributed by atoms with Gasteiger partial charge in [0, 0.05) is 17.3 Å². The number of nitrogens with zero attached hydrogens (tertiary/aromatic N) is 1. The molecule has 0 aliphatic rings. The van der Waals surface area contributed by atoms with E-state index >= 15 is 0 Å². The van der Waals surface area contributed by atoms with Crippen LogP contribution in [0, 0.1) is 17.1 Å². The molecule has 6 heteroatoms. The number of carbonyl (C=O) groups excluding carboxylic acids is 1. The number of aryl methyl sites for hydroxylation is 1. The minimum absolute atomic E-state index is 0.0725. The van der Waals surface area contributed by atoms with Crippen molar-refractivity contribution in [3.8, 4) is 17.6 Å². The highest BCUT2D eigenvalue weighted by molar-refractivity contribution is 6.10. The van der Waals surface area contributed by atoms with Crippen LogP contribution in [0.3, 0.4) is 0 Å². The van der Waals surface area contributed by atoms with Gasteiger partial charge in [-0.25, -0.2) is 4.39 Å². The van der Waals surface area contributed by atoms with Gasteiger partial charge in [-0.1, -0.05) is 37.3 Å². The van der Waals surface area contributed by atoms with Crippen LogP contribution in [-0.2, 0) is 17.8 Å². The predicted octanol–water partition coefficient (Wildman–Crippen LogP) is 5.52. The highest BCUT2D eigenvalue weighted by Crippen LogP contribution is 2.28. The Bertz CT molecular complexity index is 1180. The van der Waals surface area contributed by atoms with Gasteiger partial charge < -0.3 is 14.8 Å². The fourth-order valence-corrected chi connectivity index (χ4v) is 3.12. The first kappa shape index (κ1) is 22.6. The lowest BCUT2D eigenvalue weighted by Crippen LogP contribution is -2.14. The lowest BCUT2D eigenvalue weighted by molar-refractivity contribution is -0.112. The Hall–Kier alpha value is -4.11. The SMILES string of the molecule is CCc1ccccc1NC(=O)/C(C#N)=C/c1ccc(OC)cc1OCc1cccc(F)c1. The van der Waals surface area contributed by atoms with Crippen LogP contribution < -0.4 is 14.8 Å². The molecule has 162 valence electrons. The van der Waals surface area contributed by atoms with E-state index in [0.717, 1.165) is 12.0 Å². The highest BCUT2D eigenvalue weighted by Gasteiger charge is 2.14. The molecule has 1 N–H and O–H groups in total. The predicted molar refractivity (Wildman–Crippen MR) is 122 cm³/mol. The Morgan fingerprint density at radius 3 is 2.66 bits per heavy atom. The van der Waals surface area contributed by atoms with Crippen molar-refractivity contribution >= 4 is 17.7 Å². The van der Waals surface area contributed by atoms with Gasteiger partial charge in [0.1, 0.15) is 35.6 Å². The van der Waals surface area contributed by atoms with Gasteiger partial charge in [-0.2, -0.15) is 5.26 Å². The van der Waals surface area contributed by atoms with E-state index in [9.17, 15) is 14.4 Å². The molecule has 0 atom stereocenters. The highest BCUT2D eigenvalue weighted by atomic mass is 19.1. The molecule has 3 rings (SSSR count). The lowest BCUT2D eigenvalue weighted by atomic mass is 10.1. The summed E-state index contributed by atoms with van der Waals surface area (Å²) in [4.78, 5) is 12.8. The number of methoxy groups -OCH3 is 1. The third-order valence-electron chi connectivity index (χ3n) is 4.82. The number of carbonyl (C=O) groups is 1. The molecule has 0 aliphatic carbocycles. The summed E-state index contributed by atoms with van der Waals surface area (Å²) in [6.45, 7) is 2.11. The molecule has 32 heavy (non-hydrogen) atoms. The number of nitriles is 1. The van der Waals surface area contributed by atoms with Crippen LogP contribution in [0.4, 0.5) is 10.1 Å². The van der Waals surface area contributed by atoms with Gasteiger partial charge in [-0.05, 0) is 54.0 Å². The lowest BCUT2D eigenvalue weighted by Gasteiger charge is -2.12. The molecule has 3 aromatic carbocycles. The summed E-state index contributed by atoms with van der Waals surface area (Å²) >= 11 is 0. The summed E-state index contributed by atoms with van der Waals surface area (Å²) in [5.41, 5.74) is 2.74. The largest absolute Gasteiger partial charge is 0.497 e. The molecule has 0 saturated carbocycles. The van der Waals surface area contributed by atoms with Gasteiger partial charge in [-0.3, -0.25) is 4.79 Å². The molecule has 1 amide bonds. The van der Waals surface area contributed by atoms with E-state index in [1.807, 2.05) is 31.2 Å². The summed E-state index contributed by atoms with van der Waals surface area (Å²) in [6.07, 6.45) is 2.21. The van der Waals surface area contributed by atoms with E-state index in [2.05, 4.69) is 5.32 Å². The fraction of sp³-hybridized carbons (Fsp3) is 0.154. The molecule has 0 saturated heterocycles. The van der Waals surface area contributed by atoms with Crippen LogP contribution in [0.5, 0.6) is 11.5 Å². The number of nitrogens with one attached hydrogen (secondary N) is 1. The fourth-order valence-electron chi connectivity index (χ4n) is 3.12. The standard InChI is InChI=1S/C26H23FN2O3/c1-3-19-8-4-5-10-24(19)29-26(30)21(16-28)14-20-11-12-23(31-2)15-25(20)32-17-18-7-6-9-22(27)13-18/h4-15H,3,17H2,1-2H3,(H,29,30)/b21-14+. The Kier molecular flexibility index (Phi) is 7.60. The number of para-hydroxylation sites is 1. The number of rotatable bonds is 8.